The number of hydrogen-bond acceptors (Lipinski definition) is 3. The van der Waals surface area contributed by atoms with Crippen LogP contribution in [0.5, 0.6) is 0 Å². The van der Waals surface area contributed by atoms with Crippen molar-refractivity contribution in [1.82, 2.24) is 10.6 Å². The van der Waals surface area contributed by atoms with Gasteiger partial charge < -0.3 is 15.4 Å². The molecule has 0 aromatic heterocycles. The van der Waals surface area contributed by atoms with Crippen LogP contribution >= 0.6 is 0 Å². The van der Waals surface area contributed by atoms with Crippen molar-refractivity contribution >= 4 is 11.8 Å². The maximum Gasteiger partial charge on any atom is 0.257 e. The van der Waals surface area contributed by atoms with E-state index in [9.17, 15) is 18.4 Å². The largest absolute Gasteiger partial charge is 0.367 e. The molecular formula is C18H18F2N2O3. The molecule has 5 nitrogen and oxygen atoms in total. The van der Waals surface area contributed by atoms with Crippen molar-refractivity contribution in [2.45, 2.75) is 6.10 Å². The van der Waals surface area contributed by atoms with Crippen LogP contribution in [0.25, 0.3) is 0 Å². The number of nitrogens with one attached hydrogen (secondary N) is 2. The van der Waals surface area contributed by atoms with E-state index in [0.717, 1.165) is 12.1 Å². The van der Waals surface area contributed by atoms with Crippen LogP contribution in [0.15, 0.2) is 48.5 Å². The van der Waals surface area contributed by atoms with E-state index in [-0.39, 0.29) is 19.0 Å². The summed E-state index contributed by atoms with van der Waals surface area (Å²) in [6, 6.07) is 12.1. The summed E-state index contributed by atoms with van der Waals surface area (Å²) < 4.78 is 32.2. The highest BCUT2D eigenvalue weighted by Gasteiger charge is 2.20. The van der Waals surface area contributed by atoms with Crippen molar-refractivity contribution < 1.29 is 23.1 Å². The molecule has 0 aliphatic carbocycles. The lowest BCUT2D eigenvalue weighted by atomic mass is 10.1. The third-order valence-electron chi connectivity index (χ3n) is 3.48. The van der Waals surface area contributed by atoms with Crippen molar-refractivity contribution in [3.63, 3.8) is 0 Å². The Morgan fingerprint density at radius 2 is 1.56 bits per heavy atom. The van der Waals surface area contributed by atoms with Crippen molar-refractivity contribution in [2.75, 3.05) is 20.2 Å². The zero-order valence-corrected chi connectivity index (χ0v) is 13.6. The standard InChI is InChI=1S/C18H18F2N2O3/c1-25-16(12-6-3-2-4-7-12)18(24)22-11-10-21-17(23)15-13(19)8-5-9-14(15)20/h2-9,16H,10-11H2,1H3,(H,21,23)(H,22,24). The van der Waals surface area contributed by atoms with Gasteiger partial charge in [0.1, 0.15) is 17.2 Å². The summed E-state index contributed by atoms with van der Waals surface area (Å²) in [5.74, 6) is -3.13. The molecule has 0 spiro atoms. The lowest BCUT2D eigenvalue weighted by Crippen LogP contribution is -2.37. The first-order chi connectivity index (χ1) is 12.0. The van der Waals surface area contributed by atoms with Gasteiger partial charge in [0.2, 0.25) is 0 Å². The smallest absolute Gasteiger partial charge is 0.257 e. The zero-order valence-electron chi connectivity index (χ0n) is 13.6. The molecule has 132 valence electrons. The molecule has 0 saturated carbocycles. The van der Waals surface area contributed by atoms with Gasteiger partial charge in [-0.1, -0.05) is 36.4 Å². The number of rotatable bonds is 7. The van der Waals surface area contributed by atoms with Gasteiger partial charge in [0.05, 0.1) is 0 Å². The predicted octanol–water partition coefficient (Wildman–Crippen LogP) is 2.20. The van der Waals surface area contributed by atoms with Crippen LogP contribution in [0.3, 0.4) is 0 Å². The van der Waals surface area contributed by atoms with E-state index in [0.29, 0.717) is 5.56 Å². The number of ether oxygens (including phenoxy) is 1. The highest BCUT2D eigenvalue weighted by Crippen LogP contribution is 2.16. The Morgan fingerprint density at radius 3 is 2.16 bits per heavy atom. The van der Waals surface area contributed by atoms with E-state index in [1.54, 1.807) is 24.3 Å². The fraction of sp³-hybridized carbons (Fsp3) is 0.222. The maximum atomic E-state index is 13.5. The number of amides is 2. The van der Waals surface area contributed by atoms with Crippen molar-refractivity contribution in [1.29, 1.82) is 0 Å². The zero-order chi connectivity index (χ0) is 18.2. The number of carbonyl (C=O) groups excluding carboxylic acids is 2. The van der Waals surface area contributed by atoms with Gasteiger partial charge in [0.25, 0.3) is 11.8 Å². The molecule has 0 aliphatic rings. The molecule has 0 heterocycles. The Hall–Kier alpha value is -2.80. The molecule has 0 aliphatic heterocycles. The summed E-state index contributed by atoms with van der Waals surface area (Å²) in [6.45, 7) is 0.108. The van der Waals surface area contributed by atoms with Crippen molar-refractivity contribution in [2.24, 2.45) is 0 Å². The van der Waals surface area contributed by atoms with E-state index >= 15 is 0 Å². The van der Waals surface area contributed by atoms with Crippen LogP contribution in [0.2, 0.25) is 0 Å². The van der Waals surface area contributed by atoms with Crippen molar-refractivity contribution in [3.8, 4) is 0 Å². The molecule has 0 saturated heterocycles. The highest BCUT2D eigenvalue weighted by molar-refractivity contribution is 5.94. The van der Waals surface area contributed by atoms with E-state index in [1.165, 1.54) is 13.2 Å². The third kappa shape index (κ3) is 4.84. The second-order valence-corrected chi connectivity index (χ2v) is 5.17. The Bertz CT molecular complexity index is 718. The molecule has 7 heteroatoms. The predicted molar refractivity (Wildman–Crippen MR) is 87.9 cm³/mol. The minimum absolute atomic E-state index is 0.0174. The van der Waals surface area contributed by atoms with E-state index in [1.807, 2.05) is 6.07 Å². The van der Waals surface area contributed by atoms with Gasteiger partial charge in [-0.25, -0.2) is 8.78 Å². The number of benzene rings is 2. The average Bonchev–Trinajstić information content (AvgIpc) is 2.60. The second-order valence-electron chi connectivity index (χ2n) is 5.17. The average molecular weight is 348 g/mol. The van der Waals surface area contributed by atoms with Crippen LogP contribution in [-0.2, 0) is 9.53 Å². The normalized spacial score (nSPS) is 11.6. The SMILES string of the molecule is COC(C(=O)NCCNC(=O)c1c(F)cccc1F)c1ccccc1. The molecule has 1 unspecified atom stereocenters. The minimum Gasteiger partial charge on any atom is -0.367 e. The summed E-state index contributed by atoms with van der Waals surface area (Å²) in [4.78, 5) is 23.9. The highest BCUT2D eigenvalue weighted by atomic mass is 19.1. The lowest BCUT2D eigenvalue weighted by Gasteiger charge is -2.15. The van der Waals surface area contributed by atoms with E-state index in [4.69, 9.17) is 4.74 Å². The topological polar surface area (TPSA) is 67.4 Å². The van der Waals surface area contributed by atoms with E-state index < -0.39 is 29.2 Å². The van der Waals surface area contributed by atoms with Gasteiger partial charge in [0, 0.05) is 20.2 Å². The van der Waals surface area contributed by atoms with Gasteiger partial charge in [-0.05, 0) is 17.7 Å². The van der Waals surface area contributed by atoms with Crippen LogP contribution in [0.4, 0.5) is 8.78 Å². The summed E-state index contributed by atoms with van der Waals surface area (Å²) >= 11 is 0. The number of halogens is 2. The van der Waals surface area contributed by atoms with Gasteiger partial charge in [-0.2, -0.15) is 0 Å². The van der Waals surface area contributed by atoms with Crippen LogP contribution in [0.1, 0.15) is 22.0 Å². The second kappa shape index (κ2) is 8.89. The third-order valence-corrected chi connectivity index (χ3v) is 3.48. The molecule has 2 rings (SSSR count). The van der Waals surface area contributed by atoms with Crippen LogP contribution < -0.4 is 10.6 Å². The number of hydrogen-bond donors (Lipinski definition) is 2. The summed E-state index contributed by atoms with van der Waals surface area (Å²) in [6.07, 6.45) is -0.777. The van der Waals surface area contributed by atoms with Gasteiger partial charge in [-0.3, -0.25) is 9.59 Å². The quantitative estimate of drug-likeness (QED) is 0.754. The molecule has 0 fully saturated rings. The molecule has 2 aromatic rings. The van der Waals surface area contributed by atoms with Gasteiger partial charge >= 0.3 is 0 Å². The Labute approximate surface area is 144 Å². The Kier molecular flexibility index (Phi) is 6.59. The van der Waals surface area contributed by atoms with Crippen molar-refractivity contribution in [3.05, 3.63) is 71.3 Å². The number of carbonyl (C=O) groups is 2. The number of methoxy groups -OCH3 is 1. The molecule has 25 heavy (non-hydrogen) atoms. The molecule has 2 amide bonds. The minimum atomic E-state index is -0.940. The summed E-state index contributed by atoms with van der Waals surface area (Å²) in [5.41, 5.74) is 0.0489. The summed E-state index contributed by atoms with van der Waals surface area (Å²) in [7, 11) is 1.42. The monoisotopic (exact) mass is 348 g/mol. The van der Waals surface area contributed by atoms with Gasteiger partial charge in [0.15, 0.2) is 6.10 Å². The fourth-order valence-corrected chi connectivity index (χ4v) is 2.28. The molecule has 0 radical (unpaired) electrons. The molecule has 0 bridgehead atoms. The summed E-state index contributed by atoms with van der Waals surface area (Å²) in [5, 5.41) is 4.96. The molecule has 2 N–H and O–H groups in total. The molecule has 2 aromatic carbocycles. The van der Waals surface area contributed by atoms with Gasteiger partial charge in [-0.15, -0.1) is 0 Å². The first-order valence-corrected chi connectivity index (χ1v) is 7.62. The van der Waals surface area contributed by atoms with E-state index in [2.05, 4.69) is 10.6 Å². The molecule has 1 atom stereocenters. The van der Waals surface area contributed by atoms with Crippen LogP contribution in [-0.4, -0.2) is 32.0 Å². The Morgan fingerprint density at radius 1 is 0.960 bits per heavy atom. The lowest BCUT2D eigenvalue weighted by molar-refractivity contribution is -0.131. The maximum absolute atomic E-state index is 13.5. The van der Waals surface area contributed by atoms with Crippen LogP contribution in [0, 0.1) is 11.6 Å². The Balaban J connectivity index is 1.84. The first-order valence-electron chi connectivity index (χ1n) is 7.62. The first kappa shape index (κ1) is 18.5. The fourth-order valence-electron chi connectivity index (χ4n) is 2.28. The molecular weight excluding hydrogens is 330 g/mol.